The van der Waals surface area contributed by atoms with Crippen LogP contribution in [-0.2, 0) is 5.33 Å². The zero-order valence-corrected chi connectivity index (χ0v) is 9.26. The van der Waals surface area contributed by atoms with Crippen molar-refractivity contribution in [3.8, 4) is 6.07 Å². The third-order valence-corrected chi connectivity index (χ3v) is 2.47. The van der Waals surface area contributed by atoms with Gasteiger partial charge >= 0.3 is 0 Å². The van der Waals surface area contributed by atoms with Crippen LogP contribution in [-0.4, -0.2) is 13.0 Å². The van der Waals surface area contributed by atoms with Crippen molar-refractivity contribution in [3.05, 3.63) is 34.9 Å². The number of carbonyl (C=O) groups is 1. The quantitative estimate of drug-likeness (QED) is 0.817. The number of amides is 1. The SMILES string of the molecule is CNC(=O)c1ccc(CBr)c(C#N)c1. The minimum absolute atomic E-state index is 0.178. The Kier molecular flexibility index (Phi) is 3.66. The number of benzene rings is 1. The summed E-state index contributed by atoms with van der Waals surface area (Å²) in [5.41, 5.74) is 1.93. The van der Waals surface area contributed by atoms with Gasteiger partial charge in [-0.05, 0) is 17.7 Å². The van der Waals surface area contributed by atoms with Crippen molar-refractivity contribution in [1.82, 2.24) is 5.32 Å². The van der Waals surface area contributed by atoms with E-state index >= 15 is 0 Å². The van der Waals surface area contributed by atoms with E-state index in [0.29, 0.717) is 16.5 Å². The molecule has 0 bridgehead atoms. The van der Waals surface area contributed by atoms with Crippen LogP contribution >= 0.6 is 15.9 Å². The van der Waals surface area contributed by atoms with E-state index in [0.717, 1.165) is 5.56 Å². The molecule has 0 saturated carbocycles. The summed E-state index contributed by atoms with van der Waals surface area (Å²) in [5.74, 6) is -0.178. The largest absolute Gasteiger partial charge is 0.355 e. The van der Waals surface area contributed by atoms with Gasteiger partial charge in [0, 0.05) is 17.9 Å². The van der Waals surface area contributed by atoms with Gasteiger partial charge in [0.1, 0.15) is 0 Å². The van der Waals surface area contributed by atoms with Gasteiger partial charge in [-0.15, -0.1) is 0 Å². The Morgan fingerprint density at radius 2 is 2.36 bits per heavy atom. The lowest BCUT2D eigenvalue weighted by Crippen LogP contribution is -2.17. The van der Waals surface area contributed by atoms with E-state index in [1.54, 1.807) is 25.2 Å². The van der Waals surface area contributed by atoms with Crippen LogP contribution in [0.4, 0.5) is 0 Å². The van der Waals surface area contributed by atoms with E-state index < -0.39 is 0 Å². The second kappa shape index (κ2) is 4.77. The minimum Gasteiger partial charge on any atom is -0.355 e. The predicted octanol–water partition coefficient (Wildman–Crippen LogP) is 1.81. The highest BCUT2D eigenvalue weighted by Gasteiger charge is 2.06. The molecule has 0 aromatic heterocycles. The topological polar surface area (TPSA) is 52.9 Å². The second-order valence-electron chi connectivity index (χ2n) is 2.70. The van der Waals surface area contributed by atoms with Crippen molar-refractivity contribution in [2.75, 3.05) is 7.05 Å². The summed E-state index contributed by atoms with van der Waals surface area (Å²) in [6.45, 7) is 0. The molecular weight excluding hydrogens is 244 g/mol. The molecule has 1 amide bonds. The number of carbonyl (C=O) groups excluding carboxylic acids is 1. The van der Waals surface area contributed by atoms with Crippen LogP contribution in [0, 0.1) is 11.3 Å². The molecule has 14 heavy (non-hydrogen) atoms. The highest BCUT2D eigenvalue weighted by molar-refractivity contribution is 9.08. The van der Waals surface area contributed by atoms with Crippen molar-refractivity contribution in [3.63, 3.8) is 0 Å². The minimum atomic E-state index is -0.178. The van der Waals surface area contributed by atoms with E-state index in [1.165, 1.54) is 0 Å². The molecule has 3 nitrogen and oxygen atoms in total. The number of hydrogen-bond acceptors (Lipinski definition) is 2. The first-order valence-electron chi connectivity index (χ1n) is 4.04. The van der Waals surface area contributed by atoms with E-state index in [-0.39, 0.29) is 5.91 Å². The lowest BCUT2D eigenvalue weighted by atomic mass is 10.1. The number of nitrogens with one attached hydrogen (secondary N) is 1. The van der Waals surface area contributed by atoms with Gasteiger partial charge in [0.15, 0.2) is 0 Å². The molecule has 0 atom stereocenters. The molecule has 72 valence electrons. The maximum Gasteiger partial charge on any atom is 0.251 e. The van der Waals surface area contributed by atoms with E-state index in [9.17, 15) is 4.79 Å². The van der Waals surface area contributed by atoms with Crippen LogP contribution < -0.4 is 5.32 Å². The molecule has 0 radical (unpaired) electrons. The average molecular weight is 253 g/mol. The fourth-order valence-corrected chi connectivity index (χ4v) is 1.57. The molecule has 1 aromatic rings. The van der Waals surface area contributed by atoms with Gasteiger partial charge in [-0.3, -0.25) is 4.79 Å². The summed E-state index contributed by atoms with van der Waals surface area (Å²) in [6.07, 6.45) is 0. The monoisotopic (exact) mass is 252 g/mol. The molecule has 0 heterocycles. The van der Waals surface area contributed by atoms with Crippen LogP contribution in [0.25, 0.3) is 0 Å². The zero-order chi connectivity index (χ0) is 10.6. The van der Waals surface area contributed by atoms with E-state index in [1.807, 2.05) is 0 Å². The van der Waals surface area contributed by atoms with Gasteiger partial charge in [-0.25, -0.2) is 0 Å². The number of nitriles is 1. The summed E-state index contributed by atoms with van der Waals surface area (Å²) >= 11 is 3.28. The normalized spacial score (nSPS) is 9.21. The standard InChI is InChI=1S/C10H9BrN2O/c1-13-10(14)7-2-3-8(5-11)9(4-7)6-12/h2-4H,5H2,1H3,(H,13,14). The maximum absolute atomic E-state index is 11.2. The van der Waals surface area contributed by atoms with Crippen LogP contribution in [0.5, 0.6) is 0 Å². The maximum atomic E-state index is 11.2. The predicted molar refractivity (Wildman–Crippen MR) is 57.2 cm³/mol. The van der Waals surface area contributed by atoms with Crippen molar-refractivity contribution in [2.24, 2.45) is 0 Å². The molecule has 0 aliphatic carbocycles. The summed E-state index contributed by atoms with van der Waals surface area (Å²) in [7, 11) is 1.56. The number of alkyl halides is 1. The van der Waals surface area contributed by atoms with Crippen molar-refractivity contribution >= 4 is 21.8 Å². The highest BCUT2D eigenvalue weighted by atomic mass is 79.9. The lowest BCUT2D eigenvalue weighted by molar-refractivity contribution is 0.0963. The smallest absolute Gasteiger partial charge is 0.251 e. The van der Waals surface area contributed by atoms with Gasteiger partial charge in [-0.1, -0.05) is 22.0 Å². The first kappa shape index (κ1) is 10.7. The van der Waals surface area contributed by atoms with Crippen LogP contribution in [0.15, 0.2) is 18.2 Å². The summed E-state index contributed by atoms with van der Waals surface area (Å²) in [5, 5.41) is 12.0. The lowest BCUT2D eigenvalue weighted by Gasteiger charge is -2.03. The van der Waals surface area contributed by atoms with Gasteiger partial charge in [-0.2, -0.15) is 5.26 Å². The van der Waals surface area contributed by atoms with E-state index in [4.69, 9.17) is 5.26 Å². The van der Waals surface area contributed by atoms with Gasteiger partial charge in [0.05, 0.1) is 11.6 Å². The number of hydrogen-bond donors (Lipinski definition) is 1. The Morgan fingerprint density at radius 1 is 1.64 bits per heavy atom. The Labute approximate surface area is 90.9 Å². The molecule has 0 saturated heterocycles. The molecule has 1 rings (SSSR count). The van der Waals surface area contributed by atoms with E-state index in [2.05, 4.69) is 27.3 Å². The molecule has 0 unspecified atom stereocenters. The molecular formula is C10H9BrN2O. The van der Waals surface area contributed by atoms with Crippen molar-refractivity contribution < 1.29 is 4.79 Å². The summed E-state index contributed by atoms with van der Waals surface area (Å²) in [6, 6.07) is 7.13. The fourth-order valence-electron chi connectivity index (χ4n) is 1.08. The third kappa shape index (κ3) is 2.12. The Bertz CT molecular complexity index is 396. The second-order valence-corrected chi connectivity index (χ2v) is 3.26. The summed E-state index contributed by atoms with van der Waals surface area (Å²) in [4.78, 5) is 11.2. The Morgan fingerprint density at radius 3 is 2.86 bits per heavy atom. The molecule has 0 aliphatic heterocycles. The molecule has 0 fully saturated rings. The molecule has 0 spiro atoms. The Balaban J connectivity index is 3.15. The number of halogens is 1. The molecule has 1 N–H and O–H groups in total. The van der Waals surface area contributed by atoms with Gasteiger partial charge < -0.3 is 5.32 Å². The third-order valence-electron chi connectivity index (χ3n) is 1.86. The van der Waals surface area contributed by atoms with Gasteiger partial charge in [0.2, 0.25) is 0 Å². The van der Waals surface area contributed by atoms with Crippen LogP contribution in [0.2, 0.25) is 0 Å². The number of rotatable bonds is 2. The highest BCUT2D eigenvalue weighted by Crippen LogP contribution is 2.14. The molecule has 0 aliphatic rings. The zero-order valence-electron chi connectivity index (χ0n) is 7.67. The molecule has 4 heteroatoms. The van der Waals surface area contributed by atoms with Gasteiger partial charge in [0.25, 0.3) is 5.91 Å². The first-order valence-corrected chi connectivity index (χ1v) is 5.16. The average Bonchev–Trinajstić information content (AvgIpc) is 2.26. The van der Waals surface area contributed by atoms with Crippen molar-refractivity contribution in [1.29, 1.82) is 5.26 Å². The van der Waals surface area contributed by atoms with Crippen molar-refractivity contribution in [2.45, 2.75) is 5.33 Å². The Hall–Kier alpha value is -1.34. The van der Waals surface area contributed by atoms with Crippen LogP contribution in [0.1, 0.15) is 21.5 Å². The molecule has 1 aromatic carbocycles. The van der Waals surface area contributed by atoms with Crippen LogP contribution in [0.3, 0.4) is 0 Å². The summed E-state index contributed by atoms with van der Waals surface area (Å²) < 4.78 is 0. The first-order chi connectivity index (χ1) is 6.72. The fraction of sp³-hybridized carbons (Fsp3) is 0.200. The number of nitrogens with zero attached hydrogens (tertiary/aromatic N) is 1.